The number of nitrogens with one attached hydrogen (secondary N) is 1. The molecule has 0 aliphatic heterocycles. The largest absolute Gasteiger partial charge is 0.497 e. The van der Waals surface area contributed by atoms with Crippen molar-refractivity contribution in [2.45, 2.75) is 13.1 Å². The van der Waals surface area contributed by atoms with Crippen molar-refractivity contribution in [2.24, 2.45) is 0 Å². The first-order chi connectivity index (χ1) is 15.1. The van der Waals surface area contributed by atoms with E-state index in [4.69, 9.17) is 9.47 Å². The predicted octanol–water partition coefficient (Wildman–Crippen LogP) is 4.17. The minimum atomic E-state index is -0.277. The van der Waals surface area contributed by atoms with Gasteiger partial charge in [-0.15, -0.1) is 0 Å². The summed E-state index contributed by atoms with van der Waals surface area (Å²) in [6, 6.07) is 17.2. The van der Waals surface area contributed by atoms with Crippen LogP contribution in [0.4, 0.5) is 4.39 Å². The summed E-state index contributed by atoms with van der Waals surface area (Å²) < 4.78 is 25.6. The fourth-order valence-corrected chi connectivity index (χ4v) is 3.40. The van der Waals surface area contributed by atoms with Gasteiger partial charge in [-0.05, 0) is 48.0 Å². The molecule has 3 aromatic carbocycles. The van der Waals surface area contributed by atoms with Crippen molar-refractivity contribution in [1.82, 2.24) is 15.1 Å². The number of carbonyl (C=O) groups is 1. The van der Waals surface area contributed by atoms with Gasteiger partial charge in [0.15, 0.2) is 0 Å². The summed E-state index contributed by atoms with van der Waals surface area (Å²) in [5, 5.41) is 8.26. The molecule has 0 bridgehead atoms. The van der Waals surface area contributed by atoms with E-state index in [9.17, 15) is 9.18 Å². The third-order valence-corrected chi connectivity index (χ3v) is 5.08. The van der Waals surface area contributed by atoms with Crippen LogP contribution in [0.1, 0.15) is 21.5 Å². The van der Waals surface area contributed by atoms with E-state index >= 15 is 0 Å². The maximum atomic E-state index is 13.2. The van der Waals surface area contributed by atoms with Crippen LogP contribution in [0.2, 0.25) is 0 Å². The van der Waals surface area contributed by atoms with E-state index < -0.39 is 0 Å². The molecular weight excluding hydrogens is 397 g/mol. The average molecular weight is 419 g/mol. The quantitative estimate of drug-likeness (QED) is 0.488. The van der Waals surface area contributed by atoms with Crippen molar-refractivity contribution < 1.29 is 18.7 Å². The van der Waals surface area contributed by atoms with Gasteiger partial charge in [0.25, 0.3) is 5.91 Å². The van der Waals surface area contributed by atoms with Crippen LogP contribution in [-0.4, -0.2) is 29.9 Å². The van der Waals surface area contributed by atoms with Crippen LogP contribution >= 0.6 is 0 Å². The summed E-state index contributed by atoms with van der Waals surface area (Å²) in [5.74, 6) is 0.882. The normalized spacial score (nSPS) is 10.8. The highest BCUT2D eigenvalue weighted by molar-refractivity contribution is 5.97. The number of ether oxygens (including phenoxy) is 2. The molecule has 1 amide bonds. The summed E-state index contributed by atoms with van der Waals surface area (Å²) in [4.78, 5) is 12.8. The van der Waals surface area contributed by atoms with Crippen molar-refractivity contribution in [1.29, 1.82) is 0 Å². The number of nitrogens with zero attached hydrogens (tertiary/aromatic N) is 2. The zero-order valence-electron chi connectivity index (χ0n) is 17.3. The van der Waals surface area contributed by atoms with Crippen molar-refractivity contribution >= 4 is 16.8 Å². The van der Waals surface area contributed by atoms with Crippen LogP contribution < -0.4 is 14.8 Å². The molecule has 0 radical (unpaired) electrons. The predicted molar refractivity (Wildman–Crippen MR) is 116 cm³/mol. The molecule has 158 valence electrons. The fourth-order valence-electron chi connectivity index (χ4n) is 3.40. The molecule has 4 aromatic rings. The van der Waals surface area contributed by atoms with Crippen molar-refractivity contribution in [3.63, 3.8) is 0 Å². The number of halogens is 1. The number of amides is 1. The van der Waals surface area contributed by atoms with Crippen LogP contribution in [0.25, 0.3) is 10.9 Å². The highest BCUT2D eigenvalue weighted by Crippen LogP contribution is 2.24. The molecule has 6 nitrogen and oxygen atoms in total. The first kappa shape index (κ1) is 20.4. The molecule has 4 rings (SSSR count). The Kier molecular flexibility index (Phi) is 5.84. The number of hydrogen-bond donors (Lipinski definition) is 1. The van der Waals surface area contributed by atoms with Crippen molar-refractivity contribution in [2.75, 3.05) is 14.2 Å². The minimum absolute atomic E-state index is 0.207. The smallest absolute Gasteiger partial charge is 0.251 e. The Morgan fingerprint density at radius 3 is 2.58 bits per heavy atom. The third-order valence-electron chi connectivity index (χ3n) is 5.08. The molecule has 0 atom stereocenters. The second kappa shape index (κ2) is 8.87. The molecule has 0 aliphatic rings. The van der Waals surface area contributed by atoms with Gasteiger partial charge in [-0.25, -0.2) is 4.39 Å². The van der Waals surface area contributed by atoms with Crippen LogP contribution in [0.15, 0.2) is 66.9 Å². The van der Waals surface area contributed by atoms with Crippen LogP contribution in [-0.2, 0) is 13.1 Å². The summed E-state index contributed by atoms with van der Waals surface area (Å²) >= 11 is 0. The lowest BCUT2D eigenvalue weighted by Gasteiger charge is -2.12. The Hall–Kier alpha value is -3.87. The number of rotatable bonds is 7. The van der Waals surface area contributed by atoms with Gasteiger partial charge in [0.05, 0.1) is 32.5 Å². The van der Waals surface area contributed by atoms with Gasteiger partial charge in [0, 0.05) is 23.1 Å². The summed E-state index contributed by atoms with van der Waals surface area (Å²) in [5.41, 5.74) is 3.09. The van der Waals surface area contributed by atoms with Gasteiger partial charge in [-0.1, -0.05) is 18.2 Å². The lowest BCUT2D eigenvalue weighted by molar-refractivity contribution is 0.0950. The van der Waals surface area contributed by atoms with Crippen LogP contribution in [0.3, 0.4) is 0 Å². The molecule has 0 aliphatic carbocycles. The maximum absolute atomic E-state index is 13.2. The van der Waals surface area contributed by atoms with Gasteiger partial charge in [0.1, 0.15) is 17.3 Å². The van der Waals surface area contributed by atoms with E-state index in [0.717, 1.165) is 22.0 Å². The molecule has 1 N–H and O–H groups in total. The molecule has 31 heavy (non-hydrogen) atoms. The Morgan fingerprint density at radius 1 is 1.03 bits per heavy atom. The zero-order valence-corrected chi connectivity index (χ0v) is 17.3. The van der Waals surface area contributed by atoms with Crippen molar-refractivity contribution in [3.8, 4) is 11.5 Å². The lowest BCUT2D eigenvalue weighted by Crippen LogP contribution is -2.23. The molecule has 7 heteroatoms. The molecule has 0 saturated heterocycles. The van der Waals surface area contributed by atoms with Gasteiger partial charge < -0.3 is 14.8 Å². The van der Waals surface area contributed by atoms with Gasteiger partial charge in [-0.2, -0.15) is 5.10 Å². The molecule has 0 unspecified atom stereocenters. The van der Waals surface area contributed by atoms with E-state index in [0.29, 0.717) is 30.2 Å². The lowest BCUT2D eigenvalue weighted by atomic mass is 10.1. The molecule has 1 heterocycles. The SMILES string of the molecule is COc1ccc(OC)c(CNC(=O)c2ccc3cnn(Cc4ccc(F)cc4)c3c2)c1. The zero-order chi connectivity index (χ0) is 21.8. The molecular formula is C24H22FN3O3. The number of carbonyl (C=O) groups excluding carboxylic acids is 1. The van der Waals surface area contributed by atoms with Gasteiger partial charge in [-0.3, -0.25) is 9.48 Å². The monoisotopic (exact) mass is 419 g/mol. The number of aromatic nitrogens is 2. The first-order valence-electron chi connectivity index (χ1n) is 9.76. The van der Waals surface area contributed by atoms with Crippen LogP contribution in [0, 0.1) is 5.82 Å². The summed E-state index contributed by atoms with van der Waals surface area (Å²) in [6.45, 7) is 0.780. The van der Waals surface area contributed by atoms with E-state index in [-0.39, 0.29) is 11.7 Å². The second-order valence-electron chi connectivity index (χ2n) is 7.06. The van der Waals surface area contributed by atoms with Gasteiger partial charge >= 0.3 is 0 Å². The number of benzene rings is 3. The minimum Gasteiger partial charge on any atom is -0.497 e. The Balaban J connectivity index is 1.53. The van der Waals surface area contributed by atoms with Gasteiger partial charge in [0.2, 0.25) is 0 Å². The topological polar surface area (TPSA) is 65.4 Å². The number of hydrogen-bond acceptors (Lipinski definition) is 4. The van der Waals surface area contributed by atoms with E-state index in [1.807, 2.05) is 18.2 Å². The summed E-state index contributed by atoms with van der Waals surface area (Å²) in [7, 11) is 3.18. The number of fused-ring (bicyclic) bond motifs is 1. The number of methoxy groups -OCH3 is 2. The Bertz CT molecular complexity index is 1220. The second-order valence-corrected chi connectivity index (χ2v) is 7.06. The summed E-state index contributed by atoms with van der Waals surface area (Å²) in [6.07, 6.45) is 1.75. The van der Waals surface area contributed by atoms with E-state index in [2.05, 4.69) is 10.4 Å². The standard InChI is InChI=1S/C24H22FN3O3/c1-30-21-9-10-23(31-2)19(11-21)13-26-24(29)17-5-6-18-14-27-28(22(18)12-17)15-16-3-7-20(25)8-4-16/h3-12,14H,13,15H2,1-2H3,(H,26,29). The van der Waals surface area contributed by atoms with E-state index in [1.165, 1.54) is 12.1 Å². The maximum Gasteiger partial charge on any atom is 0.251 e. The molecule has 0 fully saturated rings. The average Bonchev–Trinajstić information content (AvgIpc) is 3.20. The molecule has 0 saturated carbocycles. The van der Waals surface area contributed by atoms with E-state index in [1.54, 1.807) is 55.4 Å². The highest BCUT2D eigenvalue weighted by atomic mass is 19.1. The molecule has 0 spiro atoms. The Morgan fingerprint density at radius 2 is 1.84 bits per heavy atom. The third kappa shape index (κ3) is 4.50. The Labute approximate surface area is 179 Å². The first-order valence-corrected chi connectivity index (χ1v) is 9.76. The van der Waals surface area contributed by atoms with Crippen LogP contribution in [0.5, 0.6) is 11.5 Å². The highest BCUT2D eigenvalue weighted by Gasteiger charge is 2.12. The van der Waals surface area contributed by atoms with Crippen molar-refractivity contribution in [3.05, 3.63) is 89.4 Å². The fraction of sp³-hybridized carbons (Fsp3) is 0.167. The molecule has 1 aromatic heterocycles.